The number of benzene rings is 1. The Morgan fingerprint density at radius 3 is 2.90 bits per heavy atom. The lowest BCUT2D eigenvalue weighted by molar-refractivity contribution is -0.123. The molecule has 20 heavy (non-hydrogen) atoms. The van der Waals surface area contributed by atoms with Gasteiger partial charge in [-0.2, -0.15) is 0 Å². The molecule has 1 aromatic carbocycles. The van der Waals surface area contributed by atoms with E-state index < -0.39 is 0 Å². The second-order valence-electron chi connectivity index (χ2n) is 6.21. The van der Waals surface area contributed by atoms with Crippen LogP contribution >= 0.6 is 0 Å². The lowest BCUT2D eigenvalue weighted by Crippen LogP contribution is -2.54. The van der Waals surface area contributed by atoms with Crippen LogP contribution in [0.4, 0.5) is 4.39 Å². The predicted molar refractivity (Wildman–Crippen MR) is 75.7 cm³/mol. The Morgan fingerprint density at radius 1 is 1.30 bits per heavy atom. The normalized spacial score (nSPS) is 34.0. The number of carbonyl (C=O) groups is 1. The van der Waals surface area contributed by atoms with Gasteiger partial charge in [0, 0.05) is 24.1 Å². The van der Waals surface area contributed by atoms with Crippen molar-refractivity contribution in [3.05, 3.63) is 35.6 Å². The molecule has 1 unspecified atom stereocenters. The van der Waals surface area contributed by atoms with E-state index in [9.17, 15) is 9.18 Å². The molecule has 3 rings (SSSR count). The first-order valence-corrected chi connectivity index (χ1v) is 7.40. The molecule has 0 aliphatic carbocycles. The van der Waals surface area contributed by atoms with Gasteiger partial charge in [0.15, 0.2) is 0 Å². The van der Waals surface area contributed by atoms with Crippen molar-refractivity contribution in [3.63, 3.8) is 0 Å². The van der Waals surface area contributed by atoms with Gasteiger partial charge in [-0.3, -0.25) is 4.79 Å². The van der Waals surface area contributed by atoms with Gasteiger partial charge in [-0.05, 0) is 32.3 Å². The summed E-state index contributed by atoms with van der Waals surface area (Å²) in [6.07, 6.45) is 4.36. The summed E-state index contributed by atoms with van der Waals surface area (Å²) in [5.74, 6) is -0.0533. The van der Waals surface area contributed by atoms with E-state index in [1.165, 1.54) is 6.07 Å². The number of rotatable bonds is 1. The summed E-state index contributed by atoms with van der Waals surface area (Å²) in [5, 5.41) is 6.68. The van der Waals surface area contributed by atoms with Crippen molar-refractivity contribution >= 4 is 5.91 Å². The Morgan fingerprint density at radius 2 is 2.10 bits per heavy atom. The third kappa shape index (κ3) is 2.44. The van der Waals surface area contributed by atoms with Crippen molar-refractivity contribution in [1.82, 2.24) is 10.6 Å². The molecule has 0 aromatic heterocycles. The number of fused-ring (bicyclic) bond motifs is 1. The molecule has 3 nitrogen and oxygen atoms in total. The topological polar surface area (TPSA) is 41.1 Å². The Kier molecular flexibility index (Phi) is 3.50. The van der Waals surface area contributed by atoms with Crippen LogP contribution in [0, 0.1) is 5.82 Å². The molecular weight excluding hydrogens is 255 g/mol. The van der Waals surface area contributed by atoms with Crippen LogP contribution in [0.5, 0.6) is 0 Å². The van der Waals surface area contributed by atoms with Crippen molar-refractivity contribution in [2.75, 3.05) is 0 Å². The zero-order valence-electron chi connectivity index (χ0n) is 11.8. The van der Waals surface area contributed by atoms with Crippen LogP contribution in [0.2, 0.25) is 0 Å². The van der Waals surface area contributed by atoms with Gasteiger partial charge in [0.05, 0.1) is 5.54 Å². The first kappa shape index (κ1) is 13.6. The first-order chi connectivity index (χ1) is 9.58. The highest BCUT2D eigenvalue weighted by Gasteiger charge is 2.45. The highest BCUT2D eigenvalue weighted by molar-refractivity contribution is 5.77. The molecule has 3 atom stereocenters. The first-order valence-electron chi connectivity index (χ1n) is 7.40. The molecule has 2 N–H and O–H groups in total. The minimum atomic E-state index is -0.273. The summed E-state index contributed by atoms with van der Waals surface area (Å²) in [7, 11) is 0. The number of halogens is 1. The maximum absolute atomic E-state index is 14.0. The number of nitrogens with one attached hydrogen (secondary N) is 2. The van der Waals surface area contributed by atoms with Crippen LogP contribution in [-0.4, -0.2) is 17.5 Å². The fourth-order valence-electron chi connectivity index (χ4n) is 3.56. The molecule has 2 aliphatic rings. The highest BCUT2D eigenvalue weighted by atomic mass is 19.1. The average Bonchev–Trinajstić information content (AvgIpc) is 2.69. The van der Waals surface area contributed by atoms with Gasteiger partial charge >= 0.3 is 0 Å². The van der Waals surface area contributed by atoms with E-state index in [2.05, 4.69) is 17.6 Å². The minimum absolute atomic E-state index is 0.0235. The molecule has 0 radical (unpaired) electrons. The fraction of sp³-hybridized carbons (Fsp3) is 0.562. The van der Waals surface area contributed by atoms with E-state index in [1.54, 1.807) is 6.07 Å². The second kappa shape index (κ2) is 5.17. The third-order valence-corrected chi connectivity index (χ3v) is 4.65. The lowest BCUT2D eigenvalue weighted by atomic mass is 9.85. The van der Waals surface area contributed by atoms with Gasteiger partial charge in [-0.15, -0.1) is 0 Å². The van der Waals surface area contributed by atoms with Crippen LogP contribution < -0.4 is 10.6 Å². The zero-order chi connectivity index (χ0) is 14.2. The summed E-state index contributed by atoms with van der Waals surface area (Å²) in [6, 6.07) is 7.10. The molecule has 4 heteroatoms. The van der Waals surface area contributed by atoms with Gasteiger partial charge in [0.2, 0.25) is 5.91 Å². The van der Waals surface area contributed by atoms with Crippen molar-refractivity contribution in [2.45, 2.75) is 56.7 Å². The Labute approximate surface area is 118 Å². The molecule has 2 fully saturated rings. The minimum Gasteiger partial charge on any atom is -0.349 e. The third-order valence-electron chi connectivity index (χ3n) is 4.65. The van der Waals surface area contributed by atoms with Crippen LogP contribution in [0.3, 0.4) is 0 Å². The van der Waals surface area contributed by atoms with E-state index in [0.717, 1.165) is 25.7 Å². The van der Waals surface area contributed by atoms with Crippen molar-refractivity contribution in [2.24, 2.45) is 0 Å². The predicted octanol–water partition coefficient (Wildman–Crippen LogP) is 2.68. The summed E-state index contributed by atoms with van der Waals surface area (Å²) < 4.78 is 14.0. The van der Waals surface area contributed by atoms with Crippen LogP contribution in [0.25, 0.3) is 0 Å². The van der Waals surface area contributed by atoms with Gasteiger partial charge in [-0.1, -0.05) is 24.6 Å². The van der Waals surface area contributed by atoms with E-state index in [-0.39, 0.29) is 29.3 Å². The number of amides is 1. The summed E-state index contributed by atoms with van der Waals surface area (Å²) >= 11 is 0. The second-order valence-corrected chi connectivity index (χ2v) is 6.21. The Bertz CT molecular complexity index is 519. The van der Waals surface area contributed by atoms with E-state index in [4.69, 9.17) is 0 Å². The lowest BCUT2D eigenvalue weighted by Gasteiger charge is -2.34. The molecule has 1 amide bonds. The van der Waals surface area contributed by atoms with Crippen LogP contribution in [0.1, 0.15) is 50.6 Å². The van der Waals surface area contributed by atoms with Gasteiger partial charge in [0.25, 0.3) is 0 Å². The van der Waals surface area contributed by atoms with Crippen molar-refractivity contribution in [1.29, 1.82) is 0 Å². The number of hydrogen-bond acceptors (Lipinski definition) is 2. The number of hydrogen-bond donors (Lipinski definition) is 2. The summed E-state index contributed by atoms with van der Waals surface area (Å²) in [5.41, 5.74) is 0.430. The van der Waals surface area contributed by atoms with Crippen molar-refractivity contribution in [3.8, 4) is 0 Å². The Balaban J connectivity index is 1.85. The molecule has 108 valence electrons. The maximum Gasteiger partial charge on any atom is 0.220 e. The SMILES string of the molecule is C[C@]12C[C@@H](c3ccccc3F)NC1CCCCC(=O)N2. The monoisotopic (exact) mass is 276 g/mol. The summed E-state index contributed by atoms with van der Waals surface area (Å²) in [6.45, 7) is 2.08. The Hall–Kier alpha value is -1.42. The summed E-state index contributed by atoms with van der Waals surface area (Å²) in [4.78, 5) is 11.9. The largest absolute Gasteiger partial charge is 0.349 e. The molecule has 2 saturated heterocycles. The molecule has 0 spiro atoms. The highest BCUT2D eigenvalue weighted by Crippen LogP contribution is 2.37. The molecule has 0 bridgehead atoms. The van der Waals surface area contributed by atoms with E-state index in [1.807, 2.05) is 12.1 Å². The van der Waals surface area contributed by atoms with Gasteiger partial charge in [0.1, 0.15) is 5.82 Å². The molecule has 1 aromatic rings. The smallest absolute Gasteiger partial charge is 0.220 e. The molecule has 2 heterocycles. The fourth-order valence-corrected chi connectivity index (χ4v) is 3.56. The zero-order valence-corrected chi connectivity index (χ0v) is 11.8. The quantitative estimate of drug-likeness (QED) is 0.828. The van der Waals surface area contributed by atoms with Crippen molar-refractivity contribution < 1.29 is 9.18 Å². The van der Waals surface area contributed by atoms with Crippen LogP contribution in [0.15, 0.2) is 24.3 Å². The molecular formula is C16H21FN2O. The standard InChI is InChI=1S/C16H21FN2O/c1-16-10-13(11-6-2-3-7-12(11)17)18-14(16)8-4-5-9-15(20)19-16/h2-3,6-7,13-14,18H,4-5,8-10H2,1H3,(H,19,20)/t13-,14?,16-/m0/s1. The molecule has 2 aliphatic heterocycles. The van der Waals surface area contributed by atoms with Crippen LogP contribution in [-0.2, 0) is 4.79 Å². The van der Waals surface area contributed by atoms with Gasteiger partial charge in [-0.25, -0.2) is 4.39 Å². The van der Waals surface area contributed by atoms with E-state index >= 15 is 0 Å². The van der Waals surface area contributed by atoms with Gasteiger partial charge < -0.3 is 10.6 Å². The molecule has 0 saturated carbocycles. The maximum atomic E-state index is 14.0. The van der Waals surface area contributed by atoms with E-state index in [0.29, 0.717) is 12.0 Å². The number of carbonyl (C=O) groups excluding carboxylic acids is 1. The average molecular weight is 276 g/mol.